The molecule has 0 N–H and O–H groups in total. The van der Waals surface area contributed by atoms with E-state index < -0.39 is 0 Å². The molecule has 0 spiro atoms. The van der Waals surface area contributed by atoms with Gasteiger partial charge >= 0.3 is 0 Å². The first kappa shape index (κ1) is 16.5. The average molecular weight is 330 g/mol. The number of carbonyl (C=O) groups is 1. The van der Waals surface area contributed by atoms with Crippen LogP contribution in [0, 0.1) is 12.3 Å². The Kier molecular flexibility index (Phi) is 5.28. The van der Waals surface area contributed by atoms with Crippen molar-refractivity contribution in [1.29, 1.82) is 0 Å². The molecule has 2 aromatic heterocycles. The van der Waals surface area contributed by atoms with Crippen LogP contribution in [0.2, 0.25) is 0 Å². The minimum absolute atomic E-state index is 0.0161. The molecule has 4 heteroatoms. The molecule has 0 aliphatic carbocycles. The fraction of sp³-hybridized carbons (Fsp3) is 0.143. The van der Waals surface area contributed by atoms with E-state index in [0.717, 1.165) is 22.6 Å². The number of benzene rings is 1. The van der Waals surface area contributed by atoms with Gasteiger partial charge in [0.15, 0.2) is 0 Å². The van der Waals surface area contributed by atoms with Crippen LogP contribution in [0.25, 0.3) is 0 Å². The third-order valence-electron chi connectivity index (χ3n) is 3.88. The van der Waals surface area contributed by atoms with Gasteiger partial charge in [-0.05, 0) is 48.0 Å². The number of anilines is 1. The lowest BCUT2D eigenvalue weighted by atomic mass is 10.1. The lowest BCUT2D eigenvalue weighted by Crippen LogP contribution is -2.30. The molecular formula is C21H18N2O2. The molecule has 3 rings (SSSR count). The fourth-order valence-electron chi connectivity index (χ4n) is 2.58. The molecule has 0 aliphatic rings. The molecule has 1 aromatic carbocycles. The van der Waals surface area contributed by atoms with Crippen LogP contribution in [-0.2, 0) is 17.8 Å². The molecule has 4 nitrogen and oxygen atoms in total. The van der Waals surface area contributed by atoms with Crippen LogP contribution in [-0.4, -0.2) is 10.9 Å². The number of carbonyl (C=O) groups excluding carboxylic acids is 1. The van der Waals surface area contributed by atoms with E-state index in [0.29, 0.717) is 19.4 Å². The number of hydrogen-bond acceptors (Lipinski definition) is 3. The Bertz CT molecular complexity index is 864. The first-order chi connectivity index (χ1) is 12.3. The highest BCUT2D eigenvalue weighted by Gasteiger charge is 2.17. The van der Waals surface area contributed by atoms with Crippen molar-refractivity contribution in [3.05, 3.63) is 84.1 Å². The molecule has 0 aliphatic heterocycles. The van der Waals surface area contributed by atoms with Gasteiger partial charge in [-0.25, -0.2) is 0 Å². The predicted octanol–water partition coefficient (Wildman–Crippen LogP) is 3.82. The van der Waals surface area contributed by atoms with Gasteiger partial charge in [0.2, 0.25) is 5.91 Å². The minimum atomic E-state index is 0.0161. The van der Waals surface area contributed by atoms with Crippen LogP contribution < -0.4 is 4.90 Å². The van der Waals surface area contributed by atoms with E-state index in [2.05, 4.69) is 10.9 Å². The Balaban J connectivity index is 1.82. The summed E-state index contributed by atoms with van der Waals surface area (Å²) in [7, 11) is 0. The third kappa shape index (κ3) is 4.36. The molecule has 0 atom stereocenters. The maximum Gasteiger partial charge on any atom is 0.227 e. The first-order valence-electron chi connectivity index (χ1n) is 8.04. The number of pyridine rings is 1. The van der Waals surface area contributed by atoms with Crippen molar-refractivity contribution < 1.29 is 9.21 Å². The molecule has 25 heavy (non-hydrogen) atoms. The van der Waals surface area contributed by atoms with Crippen LogP contribution in [0.1, 0.15) is 23.3 Å². The van der Waals surface area contributed by atoms with Crippen molar-refractivity contribution in [3.8, 4) is 12.3 Å². The highest BCUT2D eigenvalue weighted by molar-refractivity contribution is 5.93. The molecule has 124 valence electrons. The van der Waals surface area contributed by atoms with Crippen molar-refractivity contribution in [2.24, 2.45) is 0 Å². The lowest BCUT2D eigenvalue weighted by molar-refractivity contribution is -0.118. The summed E-state index contributed by atoms with van der Waals surface area (Å²) in [6.45, 7) is 0.466. The first-order valence-corrected chi connectivity index (χ1v) is 8.04. The maximum absolute atomic E-state index is 12.9. The number of amides is 1. The predicted molar refractivity (Wildman–Crippen MR) is 96.8 cm³/mol. The van der Waals surface area contributed by atoms with Gasteiger partial charge < -0.3 is 9.32 Å². The molecule has 0 saturated heterocycles. The minimum Gasteiger partial charge on any atom is -0.469 e. The lowest BCUT2D eigenvalue weighted by Gasteiger charge is -2.23. The largest absolute Gasteiger partial charge is 0.469 e. The van der Waals surface area contributed by atoms with E-state index in [1.165, 1.54) is 0 Å². The highest BCUT2D eigenvalue weighted by atomic mass is 16.3. The second kappa shape index (κ2) is 7.98. The SMILES string of the molecule is C#Cc1cccc(N(Cc2ccncc2)C(=O)CCc2ccco2)c1. The van der Waals surface area contributed by atoms with E-state index in [1.54, 1.807) is 23.6 Å². The summed E-state index contributed by atoms with van der Waals surface area (Å²) < 4.78 is 5.32. The van der Waals surface area contributed by atoms with Crippen molar-refractivity contribution in [3.63, 3.8) is 0 Å². The van der Waals surface area contributed by atoms with E-state index >= 15 is 0 Å². The van der Waals surface area contributed by atoms with Crippen LogP contribution in [0.15, 0.2) is 71.6 Å². The van der Waals surface area contributed by atoms with Crippen molar-refractivity contribution in [2.75, 3.05) is 4.90 Å². The Hall–Kier alpha value is -3.32. The Labute approximate surface area is 147 Å². The van der Waals surface area contributed by atoms with Gasteiger partial charge in [-0.15, -0.1) is 6.42 Å². The zero-order valence-electron chi connectivity index (χ0n) is 13.8. The number of rotatable bonds is 6. The summed E-state index contributed by atoms with van der Waals surface area (Å²) in [5.41, 5.74) is 2.54. The molecule has 1 amide bonds. The molecule has 2 heterocycles. The molecule has 0 unspecified atom stereocenters. The normalized spacial score (nSPS) is 10.2. The molecule has 3 aromatic rings. The second-order valence-corrected chi connectivity index (χ2v) is 5.61. The van der Waals surface area contributed by atoms with E-state index in [4.69, 9.17) is 10.8 Å². The number of hydrogen-bond donors (Lipinski definition) is 0. The zero-order chi connectivity index (χ0) is 17.5. The third-order valence-corrected chi connectivity index (χ3v) is 3.88. The van der Waals surface area contributed by atoms with Gasteiger partial charge in [0, 0.05) is 36.5 Å². The molecule has 0 radical (unpaired) electrons. The molecule has 0 bridgehead atoms. The Morgan fingerprint density at radius 2 is 2.00 bits per heavy atom. The van der Waals surface area contributed by atoms with Gasteiger partial charge in [-0.2, -0.15) is 0 Å². The van der Waals surface area contributed by atoms with Crippen molar-refractivity contribution in [2.45, 2.75) is 19.4 Å². The summed E-state index contributed by atoms with van der Waals surface area (Å²) in [6, 6.07) is 15.0. The molecular weight excluding hydrogens is 312 g/mol. The number of aryl methyl sites for hydroxylation is 1. The topological polar surface area (TPSA) is 46.3 Å². The number of nitrogens with zero attached hydrogens (tertiary/aromatic N) is 2. The quantitative estimate of drug-likeness (QED) is 0.646. The fourth-order valence-corrected chi connectivity index (χ4v) is 2.58. The van der Waals surface area contributed by atoms with Gasteiger partial charge in [0.1, 0.15) is 5.76 Å². The second-order valence-electron chi connectivity index (χ2n) is 5.61. The summed E-state index contributed by atoms with van der Waals surface area (Å²) >= 11 is 0. The number of aromatic nitrogens is 1. The summed E-state index contributed by atoms with van der Waals surface area (Å²) in [5, 5.41) is 0. The van der Waals surface area contributed by atoms with Crippen molar-refractivity contribution in [1.82, 2.24) is 4.98 Å². The summed E-state index contributed by atoms with van der Waals surface area (Å²) in [5.74, 6) is 3.43. The van der Waals surface area contributed by atoms with Gasteiger partial charge in [0.25, 0.3) is 0 Å². The van der Waals surface area contributed by atoms with Crippen LogP contribution in [0.4, 0.5) is 5.69 Å². The van der Waals surface area contributed by atoms with Crippen LogP contribution in [0.5, 0.6) is 0 Å². The summed E-state index contributed by atoms with van der Waals surface area (Å²) in [6.07, 6.45) is 11.5. The van der Waals surface area contributed by atoms with Gasteiger partial charge in [-0.1, -0.05) is 12.0 Å². The van der Waals surface area contributed by atoms with Crippen LogP contribution >= 0.6 is 0 Å². The van der Waals surface area contributed by atoms with Gasteiger partial charge in [0.05, 0.1) is 12.8 Å². The summed E-state index contributed by atoms with van der Waals surface area (Å²) in [4.78, 5) is 18.6. The van der Waals surface area contributed by atoms with E-state index in [-0.39, 0.29) is 5.91 Å². The van der Waals surface area contributed by atoms with Crippen LogP contribution in [0.3, 0.4) is 0 Å². The van der Waals surface area contributed by atoms with Gasteiger partial charge in [-0.3, -0.25) is 9.78 Å². The monoisotopic (exact) mass is 330 g/mol. The smallest absolute Gasteiger partial charge is 0.227 e. The Morgan fingerprint density at radius 1 is 1.16 bits per heavy atom. The van der Waals surface area contributed by atoms with E-state index in [9.17, 15) is 4.79 Å². The van der Waals surface area contributed by atoms with Crippen molar-refractivity contribution >= 4 is 11.6 Å². The standard InChI is InChI=1S/C21H18N2O2/c1-2-17-5-3-6-19(15-17)23(16-18-10-12-22-13-11-18)21(24)9-8-20-7-4-14-25-20/h1,3-7,10-15H,8-9,16H2. The molecule has 0 fully saturated rings. The molecule has 0 saturated carbocycles. The number of terminal acetylenes is 1. The van der Waals surface area contributed by atoms with E-state index in [1.807, 2.05) is 48.5 Å². The highest BCUT2D eigenvalue weighted by Crippen LogP contribution is 2.20. The zero-order valence-corrected chi connectivity index (χ0v) is 13.8. The number of furan rings is 1. The maximum atomic E-state index is 12.9. The average Bonchev–Trinajstić information content (AvgIpc) is 3.18. The Morgan fingerprint density at radius 3 is 2.72 bits per heavy atom.